The van der Waals surface area contributed by atoms with E-state index in [1.54, 1.807) is 26.4 Å². The summed E-state index contributed by atoms with van der Waals surface area (Å²) in [7, 11) is 4.80. The molecule has 4 rings (SSSR count). The van der Waals surface area contributed by atoms with Gasteiger partial charge < -0.3 is 19.1 Å². The summed E-state index contributed by atoms with van der Waals surface area (Å²) in [5.41, 5.74) is 1.94. The average Bonchev–Trinajstić information content (AvgIpc) is 2.81. The molecule has 2 aromatic rings. The van der Waals surface area contributed by atoms with E-state index in [1.807, 2.05) is 17.3 Å². The highest BCUT2D eigenvalue weighted by Crippen LogP contribution is 2.54. The van der Waals surface area contributed by atoms with E-state index in [4.69, 9.17) is 14.2 Å². The van der Waals surface area contributed by atoms with Crippen LogP contribution in [0.1, 0.15) is 34.8 Å². The van der Waals surface area contributed by atoms with Crippen molar-refractivity contribution in [1.82, 2.24) is 19.8 Å². The number of carbonyl (C=O) groups excluding carboxylic acids is 1. The zero-order valence-corrected chi connectivity index (χ0v) is 18.4. The third kappa shape index (κ3) is 4.09. The molecule has 1 spiro atoms. The summed E-state index contributed by atoms with van der Waals surface area (Å²) in [6.45, 7) is 4.08. The van der Waals surface area contributed by atoms with Crippen LogP contribution in [0.4, 0.5) is 0 Å². The lowest BCUT2D eigenvalue weighted by Gasteiger charge is -2.60. The standard InChI is InChI=1S/C23H30N4O4/c1-29-15-14-27-16-23(20(27)17-6-10-24-11-7-17)8-12-26(13-9-23)22(28)18-4-5-19(30-2)25-21(18)31-3/h4-7,10-11,20H,8-9,12-16H2,1-3H3. The van der Waals surface area contributed by atoms with Gasteiger partial charge in [-0.2, -0.15) is 4.98 Å². The molecular formula is C23H30N4O4. The van der Waals surface area contributed by atoms with Gasteiger partial charge in [-0.15, -0.1) is 0 Å². The summed E-state index contributed by atoms with van der Waals surface area (Å²) >= 11 is 0. The summed E-state index contributed by atoms with van der Waals surface area (Å²) < 4.78 is 15.8. The molecule has 2 saturated heterocycles. The molecule has 0 saturated carbocycles. The van der Waals surface area contributed by atoms with Crippen LogP contribution in [-0.4, -0.2) is 79.8 Å². The van der Waals surface area contributed by atoms with Crippen molar-refractivity contribution in [1.29, 1.82) is 0 Å². The molecule has 1 amide bonds. The number of rotatable bonds is 7. The molecule has 0 N–H and O–H groups in total. The predicted octanol–water partition coefficient (Wildman–Crippen LogP) is 2.42. The number of piperidine rings is 1. The van der Waals surface area contributed by atoms with Crippen LogP contribution >= 0.6 is 0 Å². The molecule has 31 heavy (non-hydrogen) atoms. The zero-order chi connectivity index (χ0) is 21.8. The van der Waals surface area contributed by atoms with E-state index in [9.17, 15) is 4.79 Å². The number of aromatic nitrogens is 2. The van der Waals surface area contributed by atoms with Gasteiger partial charge in [0.2, 0.25) is 11.8 Å². The maximum atomic E-state index is 13.2. The summed E-state index contributed by atoms with van der Waals surface area (Å²) in [5.74, 6) is 0.684. The lowest BCUT2D eigenvalue weighted by Crippen LogP contribution is -2.63. The van der Waals surface area contributed by atoms with Crippen molar-refractivity contribution in [2.45, 2.75) is 18.9 Å². The molecule has 2 aromatic heterocycles. The average molecular weight is 427 g/mol. The molecular weight excluding hydrogens is 396 g/mol. The minimum atomic E-state index is -0.0436. The number of hydrogen-bond acceptors (Lipinski definition) is 7. The van der Waals surface area contributed by atoms with Crippen molar-refractivity contribution < 1.29 is 19.0 Å². The van der Waals surface area contributed by atoms with Gasteiger partial charge in [-0.3, -0.25) is 14.7 Å². The lowest BCUT2D eigenvalue weighted by atomic mass is 9.63. The minimum absolute atomic E-state index is 0.0436. The Morgan fingerprint density at radius 1 is 1.10 bits per heavy atom. The quantitative estimate of drug-likeness (QED) is 0.673. The van der Waals surface area contributed by atoms with Crippen molar-refractivity contribution in [3.8, 4) is 11.8 Å². The second kappa shape index (κ2) is 9.20. The number of methoxy groups -OCH3 is 3. The number of ether oxygens (including phenoxy) is 3. The Bertz CT molecular complexity index is 900. The Morgan fingerprint density at radius 2 is 1.84 bits per heavy atom. The summed E-state index contributed by atoms with van der Waals surface area (Å²) in [4.78, 5) is 26.0. The minimum Gasteiger partial charge on any atom is -0.481 e. The summed E-state index contributed by atoms with van der Waals surface area (Å²) in [6.07, 6.45) is 5.64. The Labute approximate surface area is 183 Å². The van der Waals surface area contributed by atoms with Gasteiger partial charge in [-0.25, -0.2) is 0 Å². The molecule has 1 atom stereocenters. The van der Waals surface area contributed by atoms with Gasteiger partial charge in [0.25, 0.3) is 5.91 Å². The lowest BCUT2D eigenvalue weighted by molar-refractivity contribution is -0.114. The second-order valence-corrected chi connectivity index (χ2v) is 8.21. The first-order valence-electron chi connectivity index (χ1n) is 10.6. The van der Waals surface area contributed by atoms with Gasteiger partial charge >= 0.3 is 0 Å². The number of likely N-dealkylation sites (tertiary alicyclic amines) is 2. The van der Waals surface area contributed by atoms with Crippen LogP contribution in [0.5, 0.6) is 11.8 Å². The highest BCUT2D eigenvalue weighted by atomic mass is 16.5. The van der Waals surface area contributed by atoms with Crippen molar-refractivity contribution in [2.24, 2.45) is 5.41 Å². The van der Waals surface area contributed by atoms with Crippen molar-refractivity contribution in [3.05, 3.63) is 47.8 Å². The fraction of sp³-hybridized carbons (Fsp3) is 0.522. The fourth-order valence-electron chi connectivity index (χ4n) is 5.00. The first-order valence-corrected chi connectivity index (χ1v) is 10.6. The van der Waals surface area contributed by atoms with Crippen LogP contribution in [0.2, 0.25) is 0 Å². The number of carbonyl (C=O) groups is 1. The highest BCUT2D eigenvalue weighted by Gasteiger charge is 2.54. The van der Waals surface area contributed by atoms with Crippen LogP contribution < -0.4 is 9.47 Å². The maximum Gasteiger partial charge on any atom is 0.259 e. The Hall–Kier alpha value is -2.71. The van der Waals surface area contributed by atoms with Crippen LogP contribution in [0, 0.1) is 5.41 Å². The van der Waals surface area contributed by atoms with E-state index in [1.165, 1.54) is 12.7 Å². The Kier molecular flexibility index (Phi) is 6.38. The molecule has 0 radical (unpaired) electrons. The molecule has 4 heterocycles. The molecule has 8 heteroatoms. The summed E-state index contributed by atoms with van der Waals surface area (Å²) in [6, 6.07) is 7.97. The predicted molar refractivity (Wildman–Crippen MR) is 115 cm³/mol. The van der Waals surface area contributed by atoms with Crippen LogP contribution in [-0.2, 0) is 4.74 Å². The monoisotopic (exact) mass is 426 g/mol. The molecule has 8 nitrogen and oxygen atoms in total. The molecule has 166 valence electrons. The molecule has 0 aromatic carbocycles. The smallest absolute Gasteiger partial charge is 0.259 e. The van der Waals surface area contributed by atoms with Gasteiger partial charge in [0.15, 0.2) is 0 Å². The van der Waals surface area contributed by atoms with E-state index < -0.39 is 0 Å². The summed E-state index contributed by atoms with van der Waals surface area (Å²) in [5, 5.41) is 0. The molecule has 0 aliphatic carbocycles. The fourth-order valence-corrected chi connectivity index (χ4v) is 5.00. The Morgan fingerprint density at radius 3 is 2.48 bits per heavy atom. The van der Waals surface area contributed by atoms with Gasteiger partial charge in [-0.05, 0) is 36.6 Å². The van der Waals surface area contributed by atoms with Gasteiger partial charge in [0.1, 0.15) is 5.56 Å². The van der Waals surface area contributed by atoms with Crippen LogP contribution in [0.15, 0.2) is 36.7 Å². The van der Waals surface area contributed by atoms with Gasteiger partial charge in [0.05, 0.1) is 20.8 Å². The molecule has 2 aliphatic rings. The zero-order valence-electron chi connectivity index (χ0n) is 18.4. The number of pyridine rings is 2. The van der Waals surface area contributed by atoms with E-state index in [0.717, 1.165) is 25.9 Å². The first-order chi connectivity index (χ1) is 15.1. The molecule has 2 fully saturated rings. The van der Waals surface area contributed by atoms with E-state index in [-0.39, 0.29) is 11.3 Å². The van der Waals surface area contributed by atoms with E-state index in [0.29, 0.717) is 43.1 Å². The number of nitrogens with zero attached hydrogens (tertiary/aromatic N) is 4. The van der Waals surface area contributed by atoms with Crippen LogP contribution in [0.3, 0.4) is 0 Å². The normalized spacial score (nSPS) is 20.4. The third-order valence-corrected chi connectivity index (χ3v) is 6.58. The van der Waals surface area contributed by atoms with Crippen molar-refractivity contribution >= 4 is 5.91 Å². The highest BCUT2D eigenvalue weighted by molar-refractivity contribution is 5.96. The maximum absolute atomic E-state index is 13.2. The van der Waals surface area contributed by atoms with E-state index in [2.05, 4.69) is 27.0 Å². The first kappa shape index (κ1) is 21.5. The number of amides is 1. The SMILES string of the molecule is COCCN1CC2(CCN(C(=O)c3ccc(OC)nc3OC)CC2)C1c1ccncc1. The van der Waals surface area contributed by atoms with Gasteiger partial charge in [0, 0.05) is 63.2 Å². The topological polar surface area (TPSA) is 77.0 Å². The number of hydrogen-bond donors (Lipinski definition) is 0. The molecule has 1 unspecified atom stereocenters. The van der Waals surface area contributed by atoms with Crippen molar-refractivity contribution in [2.75, 3.05) is 54.1 Å². The second-order valence-electron chi connectivity index (χ2n) is 8.21. The van der Waals surface area contributed by atoms with Crippen molar-refractivity contribution in [3.63, 3.8) is 0 Å². The van der Waals surface area contributed by atoms with Gasteiger partial charge in [-0.1, -0.05) is 0 Å². The molecule has 2 aliphatic heterocycles. The van der Waals surface area contributed by atoms with Crippen LogP contribution in [0.25, 0.3) is 0 Å². The third-order valence-electron chi connectivity index (χ3n) is 6.58. The largest absolute Gasteiger partial charge is 0.481 e. The molecule has 0 bridgehead atoms. The van der Waals surface area contributed by atoms with E-state index >= 15 is 0 Å². The Balaban J connectivity index is 1.48.